The maximum absolute atomic E-state index is 13.0. The van der Waals surface area contributed by atoms with Crippen LogP contribution >= 0.6 is 0 Å². The zero-order valence-corrected chi connectivity index (χ0v) is 15.9. The summed E-state index contributed by atoms with van der Waals surface area (Å²) < 4.78 is 2.16. The van der Waals surface area contributed by atoms with Crippen LogP contribution in [0.4, 0.5) is 0 Å². The topological polar surface area (TPSA) is 79.8 Å². The summed E-state index contributed by atoms with van der Waals surface area (Å²) in [6, 6.07) is 5.71. The quantitative estimate of drug-likeness (QED) is 0.730. The Morgan fingerprint density at radius 2 is 2.11 bits per heavy atom. The van der Waals surface area contributed by atoms with Gasteiger partial charge in [-0.25, -0.2) is 4.98 Å². The number of fused-ring (bicyclic) bond motifs is 1. The maximum Gasteiger partial charge on any atom is 0.254 e. The van der Waals surface area contributed by atoms with Crippen molar-refractivity contribution in [1.82, 2.24) is 19.9 Å². The average molecular weight is 364 g/mol. The van der Waals surface area contributed by atoms with Gasteiger partial charge in [0.2, 0.25) is 0 Å². The van der Waals surface area contributed by atoms with Gasteiger partial charge < -0.3 is 14.9 Å². The molecule has 1 fully saturated rings. The number of aryl methyl sites for hydroxylation is 2. The first-order chi connectivity index (χ1) is 13.0. The van der Waals surface area contributed by atoms with Gasteiger partial charge in [0.25, 0.3) is 11.5 Å². The minimum Gasteiger partial charge on any atom is -0.348 e. The number of pyridine rings is 2. The van der Waals surface area contributed by atoms with E-state index in [0.717, 1.165) is 34.5 Å². The van der Waals surface area contributed by atoms with E-state index in [-0.39, 0.29) is 18.0 Å². The third-order valence-corrected chi connectivity index (χ3v) is 5.36. The number of nitrogens with one attached hydrogen (secondary N) is 2. The van der Waals surface area contributed by atoms with Crippen molar-refractivity contribution in [2.75, 3.05) is 0 Å². The lowest BCUT2D eigenvalue weighted by molar-refractivity contribution is 0.0951. The maximum atomic E-state index is 13.0. The first-order valence-corrected chi connectivity index (χ1v) is 9.37. The minimum atomic E-state index is -0.167. The van der Waals surface area contributed by atoms with Crippen LogP contribution in [0.1, 0.15) is 45.7 Å². The van der Waals surface area contributed by atoms with E-state index >= 15 is 0 Å². The molecule has 1 amide bonds. The third-order valence-electron chi connectivity index (χ3n) is 5.36. The molecular weight excluding hydrogens is 340 g/mol. The number of aromatic nitrogens is 3. The van der Waals surface area contributed by atoms with Crippen molar-refractivity contribution < 1.29 is 4.79 Å². The first kappa shape index (κ1) is 17.5. The lowest BCUT2D eigenvalue weighted by Crippen LogP contribution is -2.28. The van der Waals surface area contributed by atoms with Crippen molar-refractivity contribution in [3.63, 3.8) is 0 Å². The molecule has 1 aliphatic rings. The van der Waals surface area contributed by atoms with Gasteiger partial charge >= 0.3 is 0 Å². The molecule has 2 N–H and O–H groups in total. The van der Waals surface area contributed by atoms with Crippen LogP contribution in [0, 0.1) is 26.7 Å². The van der Waals surface area contributed by atoms with Gasteiger partial charge in [-0.2, -0.15) is 0 Å². The second-order valence-electron chi connectivity index (χ2n) is 7.51. The number of rotatable bonds is 5. The normalized spacial score (nSPS) is 13.9. The molecule has 3 heterocycles. The molecule has 0 saturated heterocycles. The lowest BCUT2D eigenvalue weighted by atomic mass is 10.1. The van der Waals surface area contributed by atoms with Gasteiger partial charge in [-0.05, 0) is 63.3 Å². The van der Waals surface area contributed by atoms with E-state index in [1.165, 1.54) is 12.8 Å². The van der Waals surface area contributed by atoms with Gasteiger partial charge in [0, 0.05) is 41.6 Å². The molecule has 0 spiro atoms. The van der Waals surface area contributed by atoms with Crippen LogP contribution < -0.4 is 10.9 Å². The zero-order chi connectivity index (χ0) is 19.1. The average Bonchev–Trinajstić information content (AvgIpc) is 3.39. The highest BCUT2D eigenvalue weighted by Crippen LogP contribution is 2.34. The Hall–Kier alpha value is -2.89. The lowest BCUT2D eigenvalue weighted by Gasteiger charge is -2.09. The number of hydrogen-bond donors (Lipinski definition) is 2. The van der Waals surface area contributed by atoms with Crippen LogP contribution in [0.25, 0.3) is 11.0 Å². The summed E-state index contributed by atoms with van der Waals surface area (Å²) in [6.45, 7) is 6.82. The fraction of sp³-hybridized carbons (Fsp3) is 0.381. The highest BCUT2D eigenvalue weighted by Gasteiger charge is 2.26. The highest BCUT2D eigenvalue weighted by atomic mass is 16.2. The van der Waals surface area contributed by atoms with Crippen molar-refractivity contribution in [2.45, 2.75) is 46.7 Å². The van der Waals surface area contributed by atoms with Gasteiger partial charge in [-0.1, -0.05) is 0 Å². The third kappa shape index (κ3) is 3.27. The fourth-order valence-corrected chi connectivity index (χ4v) is 3.72. The summed E-state index contributed by atoms with van der Waals surface area (Å²) in [5.41, 5.74) is 4.58. The Morgan fingerprint density at radius 1 is 1.33 bits per heavy atom. The van der Waals surface area contributed by atoms with Crippen LogP contribution in [0.15, 0.2) is 29.2 Å². The molecule has 3 aromatic rings. The van der Waals surface area contributed by atoms with E-state index in [1.807, 2.05) is 39.0 Å². The molecule has 4 rings (SSSR count). The van der Waals surface area contributed by atoms with Crippen LogP contribution in [0.3, 0.4) is 0 Å². The molecule has 0 radical (unpaired) electrons. The molecule has 3 aromatic heterocycles. The molecule has 0 unspecified atom stereocenters. The molecule has 140 valence electrons. The monoisotopic (exact) mass is 364 g/mol. The van der Waals surface area contributed by atoms with E-state index in [0.29, 0.717) is 17.0 Å². The number of aromatic amines is 1. The Kier molecular flexibility index (Phi) is 4.34. The van der Waals surface area contributed by atoms with E-state index in [2.05, 4.69) is 19.9 Å². The summed E-state index contributed by atoms with van der Waals surface area (Å²) >= 11 is 0. The molecule has 1 saturated carbocycles. The van der Waals surface area contributed by atoms with Crippen LogP contribution in [-0.4, -0.2) is 20.4 Å². The van der Waals surface area contributed by atoms with E-state index in [9.17, 15) is 9.59 Å². The van der Waals surface area contributed by atoms with Gasteiger partial charge in [0.1, 0.15) is 5.65 Å². The molecule has 6 heteroatoms. The standard InChI is InChI=1S/C21H24N4O2/c1-12-9-13(2)24-20(26)17(12)10-23-21(27)18-14(3)25(11-15-6-7-15)19-16(18)5-4-8-22-19/h4-5,8-9,15H,6-7,10-11H2,1-3H3,(H,23,27)(H,24,26). The van der Waals surface area contributed by atoms with Crippen LogP contribution in [0.5, 0.6) is 0 Å². The first-order valence-electron chi connectivity index (χ1n) is 9.37. The van der Waals surface area contributed by atoms with Gasteiger partial charge in [0.05, 0.1) is 5.56 Å². The van der Waals surface area contributed by atoms with Gasteiger partial charge in [-0.15, -0.1) is 0 Å². The summed E-state index contributed by atoms with van der Waals surface area (Å²) in [5.74, 6) is 0.519. The van der Waals surface area contributed by atoms with Gasteiger partial charge in [-0.3, -0.25) is 9.59 Å². The largest absolute Gasteiger partial charge is 0.348 e. The van der Waals surface area contributed by atoms with Crippen molar-refractivity contribution in [3.05, 3.63) is 62.8 Å². The molecule has 0 atom stereocenters. The van der Waals surface area contributed by atoms with E-state index in [1.54, 1.807) is 6.20 Å². The van der Waals surface area contributed by atoms with Crippen LogP contribution in [0.2, 0.25) is 0 Å². The number of nitrogens with zero attached hydrogens (tertiary/aromatic N) is 2. The SMILES string of the molecule is Cc1cc(C)c(CNC(=O)c2c(C)n(CC3CC3)c3ncccc23)c(=O)[nH]1. The predicted octanol–water partition coefficient (Wildman–Crippen LogP) is 2.99. The Balaban J connectivity index is 1.65. The molecule has 6 nitrogen and oxygen atoms in total. The molecule has 27 heavy (non-hydrogen) atoms. The Bertz CT molecular complexity index is 1090. The Morgan fingerprint density at radius 3 is 2.81 bits per heavy atom. The number of carbonyl (C=O) groups excluding carboxylic acids is 1. The number of H-pyrrole nitrogens is 1. The highest BCUT2D eigenvalue weighted by molar-refractivity contribution is 6.07. The second-order valence-corrected chi connectivity index (χ2v) is 7.51. The summed E-state index contributed by atoms with van der Waals surface area (Å²) in [5, 5.41) is 3.80. The summed E-state index contributed by atoms with van der Waals surface area (Å²) in [7, 11) is 0. The smallest absolute Gasteiger partial charge is 0.254 e. The fourth-order valence-electron chi connectivity index (χ4n) is 3.72. The van der Waals surface area contributed by atoms with Crippen LogP contribution in [-0.2, 0) is 13.1 Å². The molecule has 0 aromatic carbocycles. The van der Waals surface area contributed by atoms with Crippen molar-refractivity contribution in [3.8, 4) is 0 Å². The van der Waals surface area contributed by atoms with E-state index < -0.39 is 0 Å². The number of amides is 1. The molecular formula is C21H24N4O2. The predicted molar refractivity (Wildman–Crippen MR) is 105 cm³/mol. The van der Waals surface area contributed by atoms with Crippen molar-refractivity contribution in [1.29, 1.82) is 0 Å². The minimum absolute atomic E-state index is 0.151. The zero-order valence-electron chi connectivity index (χ0n) is 15.9. The summed E-state index contributed by atoms with van der Waals surface area (Å²) in [6.07, 6.45) is 4.24. The Labute approximate surface area is 157 Å². The van der Waals surface area contributed by atoms with E-state index in [4.69, 9.17) is 0 Å². The number of hydrogen-bond acceptors (Lipinski definition) is 3. The van der Waals surface area contributed by atoms with Crippen molar-refractivity contribution >= 4 is 16.9 Å². The van der Waals surface area contributed by atoms with Gasteiger partial charge in [0.15, 0.2) is 0 Å². The summed E-state index contributed by atoms with van der Waals surface area (Å²) in [4.78, 5) is 32.5. The molecule has 0 aliphatic heterocycles. The van der Waals surface area contributed by atoms with Crippen molar-refractivity contribution in [2.24, 2.45) is 5.92 Å². The number of carbonyl (C=O) groups is 1. The molecule has 0 bridgehead atoms. The second kappa shape index (κ2) is 6.68. The molecule has 1 aliphatic carbocycles.